The third-order valence-corrected chi connectivity index (χ3v) is 2.65. The number of ether oxygens (including phenoxy) is 1. The molecule has 0 atom stereocenters. The highest BCUT2D eigenvalue weighted by Crippen LogP contribution is 2.16. The summed E-state index contributed by atoms with van der Waals surface area (Å²) in [6.07, 6.45) is 2.16. The lowest BCUT2D eigenvalue weighted by Crippen LogP contribution is -2.32. The van der Waals surface area contributed by atoms with E-state index in [1.165, 1.54) is 0 Å². The molecule has 0 bridgehead atoms. The molecule has 0 heterocycles. The lowest BCUT2D eigenvalue weighted by atomic mass is 9.96. The number of nitrogens with two attached hydrogens (primary N) is 1. The smallest absolute Gasteiger partial charge is 0.162 e. The summed E-state index contributed by atoms with van der Waals surface area (Å²) < 4.78 is 5.47. The molecule has 1 aromatic rings. The summed E-state index contributed by atoms with van der Waals surface area (Å²) in [7, 11) is 0. The van der Waals surface area contributed by atoms with Crippen LogP contribution in [0.25, 0.3) is 0 Å². The van der Waals surface area contributed by atoms with Gasteiger partial charge in [0.05, 0.1) is 6.61 Å². The Morgan fingerprint density at radius 3 is 2.39 bits per heavy atom. The highest BCUT2D eigenvalue weighted by molar-refractivity contribution is 5.96. The van der Waals surface area contributed by atoms with Crippen molar-refractivity contribution in [1.82, 2.24) is 0 Å². The van der Waals surface area contributed by atoms with Gasteiger partial charge in [-0.05, 0) is 51.0 Å². The number of Topliss-reactive ketones (excluding diaryl/α,β-unsaturated/α-hetero) is 1. The molecule has 0 radical (unpaired) electrons. The van der Waals surface area contributed by atoms with Gasteiger partial charge >= 0.3 is 0 Å². The van der Waals surface area contributed by atoms with Crippen LogP contribution in [0.5, 0.6) is 5.75 Å². The molecule has 3 heteroatoms. The van der Waals surface area contributed by atoms with Gasteiger partial charge in [0.2, 0.25) is 0 Å². The maximum absolute atomic E-state index is 11.9. The van der Waals surface area contributed by atoms with Crippen molar-refractivity contribution in [1.29, 1.82) is 0 Å². The number of ketones is 1. The summed E-state index contributed by atoms with van der Waals surface area (Å²) >= 11 is 0. The van der Waals surface area contributed by atoms with Crippen LogP contribution in [0.2, 0.25) is 0 Å². The topological polar surface area (TPSA) is 52.3 Å². The lowest BCUT2D eigenvalue weighted by molar-refractivity contribution is 0.0972. The third-order valence-electron chi connectivity index (χ3n) is 2.65. The van der Waals surface area contributed by atoms with E-state index < -0.39 is 0 Å². The molecule has 0 fully saturated rings. The molecule has 1 rings (SSSR count). The molecule has 2 N–H and O–H groups in total. The molecular formula is C15H23NO2. The summed E-state index contributed by atoms with van der Waals surface area (Å²) in [6.45, 7) is 6.63. The number of hydrogen-bond donors (Lipinski definition) is 1. The fourth-order valence-corrected chi connectivity index (χ4v) is 1.54. The Labute approximate surface area is 109 Å². The zero-order valence-corrected chi connectivity index (χ0v) is 11.5. The summed E-state index contributed by atoms with van der Waals surface area (Å²) in [6, 6.07) is 7.32. The highest BCUT2D eigenvalue weighted by atomic mass is 16.5. The van der Waals surface area contributed by atoms with E-state index in [1.54, 1.807) is 0 Å². The summed E-state index contributed by atoms with van der Waals surface area (Å²) in [4.78, 5) is 11.9. The minimum absolute atomic E-state index is 0.135. The largest absolute Gasteiger partial charge is 0.494 e. The minimum atomic E-state index is -0.292. The van der Waals surface area contributed by atoms with Gasteiger partial charge in [-0.3, -0.25) is 4.79 Å². The number of rotatable bonds is 7. The number of carbonyl (C=O) groups is 1. The van der Waals surface area contributed by atoms with Crippen LogP contribution in [0.4, 0.5) is 0 Å². The molecule has 0 aliphatic rings. The van der Waals surface area contributed by atoms with E-state index in [0.717, 1.165) is 17.7 Å². The number of carbonyl (C=O) groups excluding carboxylic acids is 1. The van der Waals surface area contributed by atoms with Crippen molar-refractivity contribution in [2.75, 3.05) is 6.61 Å². The summed E-state index contributed by atoms with van der Waals surface area (Å²) in [5.74, 6) is 0.947. The Balaban J connectivity index is 2.54. The molecule has 18 heavy (non-hydrogen) atoms. The Bertz CT molecular complexity index is 376. The Morgan fingerprint density at radius 2 is 1.89 bits per heavy atom. The predicted molar refractivity (Wildman–Crippen MR) is 74.1 cm³/mol. The van der Waals surface area contributed by atoms with Gasteiger partial charge in [-0.25, -0.2) is 0 Å². The van der Waals surface area contributed by atoms with Gasteiger partial charge in [0.15, 0.2) is 5.78 Å². The second-order valence-corrected chi connectivity index (χ2v) is 5.28. The molecule has 1 aromatic carbocycles. The van der Waals surface area contributed by atoms with E-state index >= 15 is 0 Å². The van der Waals surface area contributed by atoms with Crippen LogP contribution in [0, 0.1) is 0 Å². The van der Waals surface area contributed by atoms with Crippen LogP contribution in [-0.2, 0) is 0 Å². The van der Waals surface area contributed by atoms with Crippen molar-refractivity contribution in [2.45, 2.75) is 45.6 Å². The minimum Gasteiger partial charge on any atom is -0.494 e. The van der Waals surface area contributed by atoms with Crippen molar-refractivity contribution >= 4 is 5.78 Å². The van der Waals surface area contributed by atoms with Crippen molar-refractivity contribution in [3.05, 3.63) is 29.8 Å². The van der Waals surface area contributed by atoms with Gasteiger partial charge in [-0.15, -0.1) is 0 Å². The van der Waals surface area contributed by atoms with Crippen molar-refractivity contribution in [2.24, 2.45) is 5.73 Å². The summed E-state index contributed by atoms with van der Waals surface area (Å²) in [5, 5.41) is 0. The van der Waals surface area contributed by atoms with Crippen molar-refractivity contribution in [3.8, 4) is 5.75 Å². The predicted octanol–water partition coefficient (Wildman–Crippen LogP) is 3.18. The molecule has 0 saturated heterocycles. The van der Waals surface area contributed by atoms with Gasteiger partial charge in [-0.2, -0.15) is 0 Å². The highest BCUT2D eigenvalue weighted by Gasteiger charge is 2.14. The molecule has 0 amide bonds. The van der Waals surface area contributed by atoms with E-state index in [0.29, 0.717) is 19.4 Å². The molecule has 0 saturated carbocycles. The van der Waals surface area contributed by atoms with E-state index in [4.69, 9.17) is 10.5 Å². The van der Waals surface area contributed by atoms with Crippen LogP contribution in [-0.4, -0.2) is 17.9 Å². The van der Waals surface area contributed by atoms with Gasteiger partial charge in [0, 0.05) is 17.5 Å². The first-order valence-corrected chi connectivity index (χ1v) is 6.47. The van der Waals surface area contributed by atoms with Gasteiger partial charge < -0.3 is 10.5 Å². The Hall–Kier alpha value is -1.35. The second-order valence-electron chi connectivity index (χ2n) is 5.28. The maximum Gasteiger partial charge on any atom is 0.162 e. The molecule has 100 valence electrons. The van der Waals surface area contributed by atoms with Crippen LogP contribution in [0.3, 0.4) is 0 Å². The van der Waals surface area contributed by atoms with E-state index in [2.05, 4.69) is 6.92 Å². The quantitative estimate of drug-likeness (QED) is 0.755. The van der Waals surface area contributed by atoms with Crippen LogP contribution in [0.15, 0.2) is 24.3 Å². The molecule has 0 unspecified atom stereocenters. The van der Waals surface area contributed by atoms with Crippen LogP contribution >= 0.6 is 0 Å². The van der Waals surface area contributed by atoms with Gasteiger partial charge in [0.1, 0.15) is 5.75 Å². The molecule has 0 aromatic heterocycles. The Morgan fingerprint density at radius 1 is 1.28 bits per heavy atom. The average molecular weight is 249 g/mol. The fourth-order valence-electron chi connectivity index (χ4n) is 1.54. The number of hydrogen-bond acceptors (Lipinski definition) is 3. The first-order valence-electron chi connectivity index (χ1n) is 6.47. The molecule has 0 spiro atoms. The van der Waals surface area contributed by atoms with Crippen molar-refractivity contribution < 1.29 is 9.53 Å². The number of benzene rings is 1. The molecule has 0 aliphatic carbocycles. The SMILES string of the molecule is CCCOc1ccc(C(=O)CCC(C)(C)N)cc1. The molecule has 3 nitrogen and oxygen atoms in total. The zero-order valence-electron chi connectivity index (χ0n) is 11.5. The third kappa shape index (κ3) is 5.32. The normalized spacial score (nSPS) is 11.3. The first-order chi connectivity index (χ1) is 8.42. The zero-order chi connectivity index (χ0) is 13.6. The van der Waals surface area contributed by atoms with E-state index in [-0.39, 0.29) is 11.3 Å². The van der Waals surface area contributed by atoms with E-state index in [1.807, 2.05) is 38.1 Å². The van der Waals surface area contributed by atoms with Crippen molar-refractivity contribution in [3.63, 3.8) is 0 Å². The standard InChI is InChI=1S/C15H23NO2/c1-4-11-18-13-7-5-12(6-8-13)14(17)9-10-15(2,3)16/h5-8H,4,9-11,16H2,1-3H3. The average Bonchev–Trinajstić information content (AvgIpc) is 2.33. The summed E-state index contributed by atoms with van der Waals surface area (Å²) in [5.41, 5.74) is 6.30. The van der Waals surface area contributed by atoms with Crippen LogP contribution < -0.4 is 10.5 Å². The van der Waals surface area contributed by atoms with Crippen LogP contribution in [0.1, 0.15) is 50.4 Å². The van der Waals surface area contributed by atoms with Gasteiger partial charge in [-0.1, -0.05) is 6.92 Å². The van der Waals surface area contributed by atoms with Gasteiger partial charge in [0.25, 0.3) is 0 Å². The van der Waals surface area contributed by atoms with E-state index in [9.17, 15) is 4.79 Å². The lowest BCUT2D eigenvalue weighted by Gasteiger charge is -2.17. The fraction of sp³-hybridized carbons (Fsp3) is 0.533. The Kier molecular flexibility index (Phi) is 5.35. The molecular weight excluding hydrogens is 226 g/mol. The maximum atomic E-state index is 11.9. The molecule has 0 aliphatic heterocycles. The monoisotopic (exact) mass is 249 g/mol. The first kappa shape index (κ1) is 14.7. The second kappa shape index (κ2) is 6.55.